The number of methoxy groups -OCH3 is 1. The molecule has 0 aliphatic heterocycles. The van der Waals surface area contributed by atoms with Crippen molar-refractivity contribution >= 4 is 17.4 Å². The van der Waals surface area contributed by atoms with Crippen LogP contribution in [-0.2, 0) is 4.74 Å². The fourth-order valence-corrected chi connectivity index (χ4v) is 1.19. The van der Waals surface area contributed by atoms with E-state index < -0.39 is 0 Å². The molecule has 0 N–H and O–H groups in total. The summed E-state index contributed by atoms with van der Waals surface area (Å²) in [6.45, 7) is 0.450. The minimum absolute atomic E-state index is 0.0596. The predicted molar refractivity (Wildman–Crippen MR) is 52.3 cm³/mol. The van der Waals surface area contributed by atoms with Crippen LogP contribution in [0.3, 0.4) is 0 Å². The van der Waals surface area contributed by atoms with Gasteiger partial charge in [0.15, 0.2) is 5.78 Å². The molecule has 1 aromatic rings. The van der Waals surface area contributed by atoms with Gasteiger partial charge in [0.1, 0.15) is 0 Å². The molecule has 0 amide bonds. The van der Waals surface area contributed by atoms with Gasteiger partial charge in [0.2, 0.25) is 0 Å². The van der Waals surface area contributed by atoms with Gasteiger partial charge in [-0.3, -0.25) is 4.79 Å². The first-order chi connectivity index (χ1) is 6.24. The molecule has 0 aliphatic carbocycles. The van der Waals surface area contributed by atoms with E-state index in [1.165, 1.54) is 0 Å². The van der Waals surface area contributed by atoms with Gasteiger partial charge in [0, 0.05) is 24.1 Å². The van der Waals surface area contributed by atoms with Crippen LogP contribution < -0.4 is 0 Å². The topological polar surface area (TPSA) is 26.3 Å². The van der Waals surface area contributed by atoms with Crippen molar-refractivity contribution in [2.75, 3.05) is 13.7 Å². The van der Waals surface area contributed by atoms with E-state index in [0.29, 0.717) is 23.6 Å². The number of hydrogen-bond acceptors (Lipinski definition) is 2. The molecule has 0 radical (unpaired) electrons. The maximum atomic E-state index is 11.4. The number of hydrogen-bond donors (Lipinski definition) is 0. The molecule has 1 aromatic carbocycles. The Labute approximate surface area is 82.5 Å². The standard InChI is InChI=1S/C10H11ClO2/c1-13-6-5-10(12)8-3-2-4-9(11)7-8/h2-4,7H,5-6H2,1H3. The van der Waals surface area contributed by atoms with Crippen molar-refractivity contribution in [3.05, 3.63) is 34.9 Å². The van der Waals surface area contributed by atoms with Gasteiger partial charge in [-0.1, -0.05) is 23.7 Å². The van der Waals surface area contributed by atoms with Crippen molar-refractivity contribution in [3.8, 4) is 0 Å². The van der Waals surface area contributed by atoms with Crippen LogP contribution in [0.4, 0.5) is 0 Å². The van der Waals surface area contributed by atoms with Crippen molar-refractivity contribution < 1.29 is 9.53 Å². The third-order valence-electron chi connectivity index (χ3n) is 1.68. The van der Waals surface area contributed by atoms with Crippen molar-refractivity contribution in [1.82, 2.24) is 0 Å². The Balaban J connectivity index is 2.66. The quantitative estimate of drug-likeness (QED) is 0.696. The monoisotopic (exact) mass is 198 g/mol. The second kappa shape index (κ2) is 5.00. The molecule has 0 spiro atoms. The lowest BCUT2D eigenvalue weighted by Crippen LogP contribution is -2.02. The summed E-state index contributed by atoms with van der Waals surface area (Å²) in [6.07, 6.45) is 0.400. The summed E-state index contributed by atoms with van der Waals surface area (Å²) in [4.78, 5) is 11.4. The summed E-state index contributed by atoms with van der Waals surface area (Å²) in [5.74, 6) is 0.0596. The molecule has 0 heterocycles. The highest BCUT2D eigenvalue weighted by molar-refractivity contribution is 6.31. The smallest absolute Gasteiger partial charge is 0.165 e. The Morgan fingerprint density at radius 2 is 2.31 bits per heavy atom. The zero-order chi connectivity index (χ0) is 9.68. The van der Waals surface area contributed by atoms with E-state index in [0.717, 1.165) is 0 Å². The fourth-order valence-electron chi connectivity index (χ4n) is 1.00. The predicted octanol–water partition coefficient (Wildman–Crippen LogP) is 2.56. The number of Topliss-reactive ketones (excluding diaryl/α,β-unsaturated/α-hetero) is 1. The van der Waals surface area contributed by atoms with Crippen LogP contribution >= 0.6 is 11.6 Å². The highest BCUT2D eigenvalue weighted by Gasteiger charge is 2.04. The third-order valence-corrected chi connectivity index (χ3v) is 1.91. The molecule has 0 fully saturated rings. The summed E-state index contributed by atoms with van der Waals surface area (Å²) in [5.41, 5.74) is 0.643. The lowest BCUT2D eigenvalue weighted by molar-refractivity contribution is 0.0932. The number of benzene rings is 1. The van der Waals surface area contributed by atoms with Gasteiger partial charge in [-0.05, 0) is 12.1 Å². The second-order valence-electron chi connectivity index (χ2n) is 2.68. The van der Waals surface area contributed by atoms with Crippen molar-refractivity contribution in [2.45, 2.75) is 6.42 Å². The van der Waals surface area contributed by atoms with E-state index in [9.17, 15) is 4.79 Å². The number of carbonyl (C=O) groups is 1. The molecule has 70 valence electrons. The van der Waals surface area contributed by atoms with Crippen LogP contribution in [0.1, 0.15) is 16.8 Å². The molecule has 3 heteroatoms. The van der Waals surface area contributed by atoms with Crippen molar-refractivity contribution in [1.29, 1.82) is 0 Å². The minimum atomic E-state index is 0.0596. The summed E-state index contributed by atoms with van der Waals surface area (Å²) in [7, 11) is 1.57. The molecule has 2 nitrogen and oxygen atoms in total. The Morgan fingerprint density at radius 1 is 1.54 bits per heavy atom. The summed E-state index contributed by atoms with van der Waals surface area (Å²) in [6, 6.07) is 6.93. The first-order valence-corrected chi connectivity index (χ1v) is 4.39. The van der Waals surface area contributed by atoms with E-state index in [1.807, 2.05) is 0 Å². The zero-order valence-corrected chi connectivity index (χ0v) is 8.17. The molecule has 0 aliphatic rings. The van der Waals surface area contributed by atoms with Gasteiger partial charge in [0.05, 0.1) is 6.61 Å². The lowest BCUT2D eigenvalue weighted by Gasteiger charge is -2.00. The molecule has 1 rings (SSSR count). The summed E-state index contributed by atoms with van der Waals surface area (Å²) < 4.78 is 4.81. The zero-order valence-electron chi connectivity index (χ0n) is 7.42. The Bertz CT molecular complexity index is 297. The number of carbonyl (C=O) groups excluding carboxylic acids is 1. The van der Waals surface area contributed by atoms with Gasteiger partial charge in [-0.25, -0.2) is 0 Å². The normalized spacial score (nSPS) is 10.0. The highest BCUT2D eigenvalue weighted by atomic mass is 35.5. The van der Waals surface area contributed by atoms with Gasteiger partial charge >= 0.3 is 0 Å². The SMILES string of the molecule is COCCC(=O)c1cccc(Cl)c1. The van der Waals surface area contributed by atoms with Crippen LogP contribution in [-0.4, -0.2) is 19.5 Å². The van der Waals surface area contributed by atoms with Crippen LogP contribution in [0.15, 0.2) is 24.3 Å². The maximum absolute atomic E-state index is 11.4. The average molecular weight is 199 g/mol. The van der Waals surface area contributed by atoms with Crippen LogP contribution in [0.2, 0.25) is 5.02 Å². The average Bonchev–Trinajstić information content (AvgIpc) is 2.14. The highest BCUT2D eigenvalue weighted by Crippen LogP contribution is 2.12. The van der Waals surface area contributed by atoms with E-state index in [1.54, 1.807) is 31.4 Å². The largest absolute Gasteiger partial charge is 0.384 e. The van der Waals surface area contributed by atoms with Gasteiger partial charge in [0.25, 0.3) is 0 Å². The fraction of sp³-hybridized carbons (Fsp3) is 0.300. The molecule has 13 heavy (non-hydrogen) atoms. The van der Waals surface area contributed by atoms with Crippen molar-refractivity contribution in [2.24, 2.45) is 0 Å². The van der Waals surface area contributed by atoms with E-state index >= 15 is 0 Å². The minimum Gasteiger partial charge on any atom is -0.384 e. The number of ketones is 1. The van der Waals surface area contributed by atoms with Gasteiger partial charge in [-0.2, -0.15) is 0 Å². The summed E-state index contributed by atoms with van der Waals surface area (Å²) >= 11 is 5.74. The van der Waals surface area contributed by atoms with E-state index in [-0.39, 0.29) is 5.78 Å². The van der Waals surface area contributed by atoms with Crippen LogP contribution in [0.5, 0.6) is 0 Å². The molecule has 0 aromatic heterocycles. The molecular formula is C10H11ClO2. The Kier molecular flexibility index (Phi) is 3.93. The summed E-state index contributed by atoms with van der Waals surface area (Å²) in [5, 5.41) is 0.586. The molecule has 0 saturated carbocycles. The number of rotatable bonds is 4. The van der Waals surface area contributed by atoms with Gasteiger partial charge < -0.3 is 4.74 Å². The third kappa shape index (κ3) is 3.17. The van der Waals surface area contributed by atoms with Gasteiger partial charge in [-0.15, -0.1) is 0 Å². The maximum Gasteiger partial charge on any atom is 0.165 e. The first-order valence-electron chi connectivity index (χ1n) is 4.01. The first kappa shape index (κ1) is 10.2. The number of halogens is 1. The number of ether oxygens (including phenoxy) is 1. The van der Waals surface area contributed by atoms with E-state index in [2.05, 4.69) is 0 Å². The van der Waals surface area contributed by atoms with E-state index in [4.69, 9.17) is 16.3 Å². The molecule has 0 atom stereocenters. The Morgan fingerprint density at radius 3 is 2.92 bits per heavy atom. The second-order valence-corrected chi connectivity index (χ2v) is 3.11. The Hall–Kier alpha value is -0.860. The van der Waals surface area contributed by atoms with Crippen molar-refractivity contribution in [3.63, 3.8) is 0 Å². The van der Waals surface area contributed by atoms with Crippen LogP contribution in [0.25, 0.3) is 0 Å². The molecular weight excluding hydrogens is 188 g/mol. The van der Waals surface area contributed by atoms with Crippen LogP contribution in [0, 0.1) is 0 Å². The molecule has 0 saturated heterocycles. The lowest BCUT2D eigenvalue weighted by atomic mass is 10.1. The molecule has 0 bridgehead atoms. The molecule has 0 unspecified atom stereocenters.